The van der Waals surface area contributed by atoms with E-state index in [1.807, 2.05) is 53.0 Å². The van der Waals surface area contributed by atoms with Crippen LogP contribution >= 0.6 is 0 Å². The first-order valence-electron chi connectivity index (χ1n) is 5.47. The fourth-order valence-corrected chi connectivity index (χ4v) is 1.89. The molecule has 0 amide bonds. The van der Waals surface area contributed by atoms with E-state index in [2.05, 4.69) is 11.2 Å². The second kappa shape index (κ2) is 3.94. The van der Waals surface area contributed by atoms with E-state index in [1.54, 1.807) is 7.11 Å². The highest BCUT2D eigenvalue weighted by atomic mass is 16.5. The van der Waals surface area contributed by atoms with Gasteiger partial charge >= 0.3 is 0 Å². The Bertz CT molecular complexity index is 644. The van der Waals surface area contributed by atoms with Gasteiger partial charge in [-0.2, -0.15) is 5.10 Å². The van der Waals surface area contributed by atoms with Crippen molar-refractivity contribution >= 4 is 5.52 Å². The lowest BCUT2D eigenvalue weighted by Gasteiger charge is -2.01. The van der Waals surface area contributed by atoms with Crippen LogP contribution in [0.3, 0.4) is 0 Å². The lowest BCUT2D eigenvalue weighted by atomic mass is 10.1. The number of hydrogen-bond acceptors (Lipinski definition) is 2. The molecule has 0 atom stereocenters. The van der Waals surface area contributed by atoms with Crippen LogP contribution in [0, 0.1) is 0 Å². The number of rotatable bonds is 2. The molecule has 0 aliphatic rings. The van der Waals surface area contributed by atoms with Gasteiger partial charge in [0.1, 0.15) is 0 Å². The molecule has 0 unspecified atom stereocenters. The van der Waals surface area contributed by atoms with Gasteiger partial charge in [0.05, 0.1) is 18.3 Å². The second-order valence-corrected chi connectivity index (χ2v) is 3.80. The topological polar surface area (TPSA) is 26.5 Å². The smallest absolute Gasteiger partial charge is 0.214 e. The quantitative estimate of drug-likeness (QED) is 0.669. The van der Waals surface area contributed by atoms with E-state index in [-0.39, 0.29) is 0 Å². The van der Waals surface area contributed by atoms with Crippen LogP contribution in [0.1, 0.15) is 0 Å². The van der Waals surface area contributed by atoms with Crippen molar-refractivity contribution in [1.29, 1.82) is 0 Å². The maximum atomic E-state index is 5.28. The van der Waals surface area contributed by atoms with E-state index in [0.717, 1.165) is 22.7 Å². The molecule has 3 aromatic rings. The number of fused-ring (bicyclic) bond motifs is 1. The number of benzene rings is 1. The molecule has 0 radical (unpaired) electrons. The van der Waals surface area contributed by atoms with Crippen LogP contribution in [0.5, 0.6) is 5.88 Å². The molecule has 0 aliphatic heterocycles. The van der Waals surface area contributed by atoms with Crippen molar-refractivity contribution in [3.05, 3.63) is 54.6 Å². The van der Waals surface area contributed by atoms with Gasteiger partial charge in [-0.15, -0.1) is 0 Å². The second-order valence-electron chi connectivity index (χ2n) is 3.80. The fraction of sp³-hybridized carbons (Fsp3) is 0.0714. The summed E-state index contributed by atoms with van der Waals surface area (Å²) in [6.45, 7) is 0. The van der Waals surface area contributed by atoms with E-state index >= 15 is 0 Å². The summed E-state index contributed by atoms with van der Waals surface area (Å²) >= 11 is 0. The van der Waals surface area contributed by atoms with Crippen LogP contribution < -0.4 is 4.74 Å². The van der Waals surface area contributed by atoms with Crippen LogP contribution in [0.25, 0.3) is 16.8 Å². The molecule has 17 heavy (non-hydrogen) atoms. The summed E-state index contributed by atoms with van der Waals surface area (Å²) in [4.78, 5) is 0. The average Bonchev–Trinajstić information content (AvgIpc) is 2.83. The largest absolute Gasteiger partial charge is 0.481 e. The van der Waals surface area contributed by atoms with E-state index in [1.165, 1.54) is 0 Å². The molecule has 3 nitrogen and oxygen atoms in total. The van der Waals surface area contributed by atoms with Crippen LogP contribution in [0.4, 0.5) is 0 Å². The first kappa shape index (κ1) is 9.90. The van der Waals surface area contributed by atoms with E-state index < -0.39 is 0 Å². The average molecular weight is 224 g/mol. The Kier molecular flexibility index (Phi) is 2.29. The van der Waals surface area contributed by atoms with Gasteiger partial charge in [-0.25, -0.2) is 4.52 Å². The van der Waals surface area contributed by atoms with Gasteiger partial charge in [0.25, 0.3) is 0 Å². The van der Waals surface area contributed by atoms with Gasteiger partial charge in [0.2, 0.25) is 5.88 Å². The van der Waals surface area contributed by atoms with Gasteiger partial charge in [0.15, 0.2) is 0 Å². The number of aromatic nitrogens is 2. The van der Waals surface area contributed by atoms with Crippen LogP contribution in [-0.2, 0) is 0 Å². The third-order valence-electron chi connectivity index (χ3n) is 2.73. The summed E-state index contributed by atoms with van der Waals surface area (Å²) in [5.74, 6) is 0.740. The van der Waals surface area contributed by atoms with Gasteiger partial charge in [-0.05, 0) is 12.1 Å². The van der Waals surface area contributed by atoms with E-state index in [9.17, 15) is 0 Å². The van der Waals surface area contributed by atoms with Crippen molar-refractivity contribution in [3.8, 4) is 17.1 Å². The molecule has 1 aromatic carbocycles. The van der Waals surface area contributed by atoms with Crippen LogP contribution in [0.2, 0.25) is 0 Å². The van der Waals surface area contributed by atoms with E-state index in [4.69, 9.17) is 4.74 Å². The number of hydrogen-bond donors (Lipinski definition) is 0. The molecular formula is C14H12N2O. The monoisotopic (exact) mass is 224 g/mol. The normalized spacial score (nSPS) is 10.6. The Balaban J connectivity index is 2.20. The summed E-state index contributed by atoms with van der Waals surface area (Å²) < 4.78 is 7.08. The van der Waals surface area contributed by atoms with E-state index in [0.29, 0.717) is 0 Å². The van der Waals surface area contributed by atoms with Gasteiger partial charge in [-0.3, -0.25) is 0 Å². The number of methoxy groups -OCH3 is 1. The zero-order valence-corrected chi connectivity index (χ0v) is 9.50. The molecule has 3 rings (SSSR count). The standard InChI is InChI=1S/C14H12N2O/c1-17-14-9-5-8-12-10-13(15-16(12)14)11-6-3-2-4-7-11/h2-10H,1H3. The molecule has 3 heteroatoms. The van der Waals surface area contributed by atoms with Gasteiger partial charge < -0.3 is 4.74 Å². The highest BCUT2D eigenvalue weighted by molar-refractivity contribution is 5.66. The molecule has 0 aliphatic carbocycles. The molecule has 0 N–H and O–H groups in total. The molecule has 84 valence electrons. The predicted octanol–water partition coefficient (Wildman–Crippen LogP) is 3.01. The molecular weight excluding hydrogens is 212 g/mol. The lowest BCUT2D eigenvalue weighted by molar-refractivity contribution is 0.386. The third kappa shape index (κ3) is 1.65. The molecule has 0 fully saturated rings. The number of nitrogens with zero attached hydrogens (tertiary/aromatic N) is 2. The number of ether oxygens (including phenoxy) is 1. The maximum Gasteiger partial charge on any atom is 0.214 e. The lowest BCUT2D eigenvalue weighted by Crippen LogP contribution is -1.94. The Morgan fingerprint density at radius 3 is 2.59 bits per heavy atom. The first-order valence-corrected chi connectivity index (χ1v) is 5.47. The first-order chi connectivity index (χ1) is 8.38. The Morgan fingerprint density at radius 1 is 1.00 bits per heavy atom. The molecule has 0 spiro atoms. The highest BCUT2D eigenvalue weighted by Gasteiger charge is 2.06. The van der Waals surface area contributed by atoms with Crippen LogP contribution in [-0.4, -0.2) is 16.7 Å². The molecule has 0 saturated heterocycles. The minimum Gasteiger partial charge on any atom is -0.481 e. The molecule has 0 bridgehead atoms. The minimum absolute atomic E-state index is 0.740. The van der Waals surface area contributed by atoms with Crippen molar-refractivity contribution in [2.45, 2.75) is 0 Å². The number of pyridine rings is 1. The SMILES string of the molecule is COc1cccc2cc(-c3ccccc3)nn12. The minimum atomic E-state index is 0.740. The Hall–Kier alpha value is -2.29. The summed E-state index contributed by atoms with van der Waals surface area (Å²) in [7, 11) is 1.65. The Labute approximate surface area is 99.3 Å². The maximum absolute atomic E-state index is 5.28. The predicted molar refractivity (Wildman–Crippen MR) is 67.2 cm³/mol. The molecule has 2 heterocycles. The summed E-state index contributed by atoms with van der Waals surface area (Å²) in [6.07, 6.45) is 0. The van der Waals surface area contributed by atoms with Crippen LogP contribution in [0.15, 0.2) is 54.6 Å². The Morgan fingerprint density at radius 2 is 1.82 bits per heavy atom. The molecule has 0 saturated carbocycles. The van der Waals surface area contributed by atoms with Crippen molar-refractivity contribution in [1.82, 2.24) is 9.61 Å². The van der Waals surface area contributed by atoms with Crippen molar-refractivity contribution in [2.24, 2.45) is 0 Å². The summed E-state index contributed by atoms with van der Waals surface area (Å²) in [6, 6.07) is 18.1. The zero-order valence-electron chi connectivity index (χ0n) is 9.50. The van der Waals surface area contributed by atoms with Gasteiger partial charge in [-0.1, -0.05) is 36.4 Å². The highest BCUT2D eigenvalue weighted by Crippen LogP contribution is 2.22. The summed E-state index contributed by atoms with van der Waals surface area (Å²) in [5.41, 5.74) is 3.09. The van der Waals surface area contributed by atoms with Crippen molar-refractivity contribution in [2.75, 3.05) is 7.11 Å². The van der Waals surface area contributed by atoms with Crippen molar-refractivity contribution < 1.29 is 4.74 Å². The summed E-state index contributed by atoms with van der Waals surface area (Å²) in [5, 5.41) is 4.55. The van der Waals surface area contributed by atoms with Gasteiger partial charge in [0, 0.05) is 11.6 Å². The third-order valence-corrected chi connectivity index (χ3v) is 2.73. The fourth-order valence-electron chi connectivity index (χ4n) is 1.89. The zero-order chi connectivity index (χ0) is 11.7. The molecule has 2 aromatic heterocycles. The van der Waals surface area contributed by atoms with Crippen molar-refractivity contribution in [3.63, 3.8) is 0 Å².